The van der Waals surface area contributed by atoms with Gasteiger partial charge in [-0.3, -0.25) is 10.1 Å². The Bertz CT molecular complexity index is 423. The zero-order chi connectivity index (χ0) is 13.7. The Morgan fingerprint density at radius 2 is 2.22 bits per heavy atom. The largest absolute Gasteiger partial charge is 0.384 e. The molecule has 0 fully saturated rings. The predicted octanol–water partition coefficient (Wildman–Crippen LogP) is 2.02. The smallest absolute Gasteiger partial charge is 0.290 e. The molecule has 1 heterocycles. The SMILES string of the molecule is COC[C@H](C)CN(C)c1ccc([N+](=O)[O-])c(C)n1. The van der Waals surface area contributed by atoms with E-state index in [0.29, 0.717) is 18.2 Å². The van der Waals surface area contributed by atoms with Crippen molar-refractivity contribution >= 4 is 11.5 Å². The van der Waals surface area contributed by atoms with E-state index in [1.54, 1.807) is 20.1 Å². The van der Waals surface area contributed by atoms with Crippen LogP contribution in [0.15, 0.2) is 12.1 Å². The standard InChI is InChI=1S/C12H19N3O3/c1-9(8-18-4)7-14(3)12-6-5-11(15(16)17)10(2)13-12/h5-6,9H,7-8H2,1-4H3/t9-/m1/s1. The van der Waals surface area contributed by atoms with Crippen LogP contribution >= 0.6 is 0 Å². The van der Waals surface area contributed by atoms with Gasteiger partial charge in [-0.25, -0.2) is 4.98 Å². The van der Waals surface area contributed by atoms with E-state index < -0.39 is 4.92 Å². The van der Waals surface area contributed by atoms with Crippen LogP contribution in [-0.4, -0.2) is 37.2 Å². The van der Waals surface area contributed by atoms with Crippen molar-refractivity contribution < 1.29 is 9.66 Å². The van der Waals surface area contributed by atoms with Crippen molar-refractivity contribution in [1.82, 2.24) is 4.98 Å². The summed E-state index contributed by atoms with van der Waals surface area (Å²) in [5, 5.41) is 10.7. The molecule has 0 radical (unpaired) electrons. The lowest BCUT2D eigenvalue weighted by Crippen LogP contribution is -2.27. The van der Waals surface area contributed by atoms with Gasteiger partial charge in [0.2, 0.25) is 0 Å². The van der Waals surface area contributed by atoms with E-state index in [1.807, 2.05) is 11.9 Å². The Hall–Kier alpha value is -1.69. The first-order valence-electron chi connectivity index (χ1n) is 5.77. The van der Waals surface area contributed by atoms with Gasteiger partial charge in [-0.15, -0.1) is 0 Å². The number of ether oxygens (including phenoxy) is 1. The second kappa shape index (κ2) is 6.30. The molecule has 0 N–H and O–H groups in total. The van der Waals surface area contributed by atoms with Crippen molar-refractivity contribution in [3.8, 4) is 0 Å². The fourth-order valence-corrected chi connectivity index (χ4v) is 1.84. The molecule has 1 aromatic rings. The summed E-state index contributed by atoms with van der Waals surface area (Å²) >= 11 is 0. The van der Waals surface area contributed by atoms with E-state index in [-0.39, 0.29) is 5.69 Å². The van der Waals surface area contributed by atoms with Crippen LogP contribution in [0.3, 0.4) is 0 Å². The van der Waals surface area contributed by atoms with Crippen molar-refractivity contribution in [2.45, 2.75) is 13.8 Å². The van der Waals surface area contributed by atoms with Gasteiger partial charge in [0.15, 0.2) is 0 Å². The molecule has 0 bridgehead atoms. The van der Waals surface area contributed by atoms with Gasteiger partial charge >= 0.3 is 0 Å². The van der Waals surface area contributed by atoms with Gasteiger partial charge in [-0.05, 0) is 18.9 Å². The summed E-state index contributed by atoms with van der Waals surface area (Å²) in [4.78, 5) is 16.5. The Labute approximate surface area is 107 Å². The summed E-state index contributed by atoms with van der Waals surface area (Å²) in [5.74, 6) is 1.11. The molecule has 1 atom stereocenters. The third-order valence-corrected chi connectivity index (χ3v) is 2.67. The van der Waals surface area contributed by atoms with Gasteiger partial charge in [0.25, 0.3) is 5.69 Å². The molecular weight excluding hydrogens is 234 g/mol. The molecule has 0 aromatic carbocycles. The summed E-state index contributed by atoms with van der Waals surface area (Å²) in [7, 11) is 3.59. The van der Waals surface area contributed by atoms with Crippen molar-refractivity contribution in [3.63, 3.8) is 0 Å². The molecule has 1 aromatic heterocycles. The molecule has 0 aliphatic rings. The van der Waals surface area contributed by atoms with Crippen LogP contribution < -0.4 is 4.90 Å². The van der Waals surface area contributed by atoms with Gasteiger partial charge in [-0.1, -0.05) is 6.92 Å². The Balaban J connectivity index is 2.78. The highest BCUT2D eigenvalue weighted by Gasteiger charge is 2.14. The number of aromatic nitrogens is 1. The quantitative estimate of drug-likeness (QED) is 0.573. The van der Waals surface area contributed by atoms with Crippen LogP contribution in [0.4, 0.5) is 11.5 Å². The first-order valence-corrected chi connectivity index (χ1v) is 5.77. The zero-order valence-corrected chi connectivity index (χ0v) is 11.2. The average molecular weight is 253 g/mol. The second-order valence-corrected chi connectivity index (χ2v) is 4.47. The zero-order valence-electron chi connectivity index (χ0n) is 11.2. The van der Waals surface area contributed by atoms with E-state index in [4.69, 9.17) is 4.74 Å². The molecule has 6 nitrogen and oxygen atoms in total. The summed E-state index contributed by atoms with van der Waals surface area (Å²) in [6.07, 6.45) is 0. The number of nitro groups is 1. The molecule has 0 amide bonds. The molecule has 1 rings (SSSR count). The number of aryl methyl sites for hydroxylation is 1. The highest BCUT2D eigenvalue weighted by atomic mass is 16.6. The van der Waals surface area contributed by atoms with E-state index in [0.717, 1.165) is 12.4 Å². The number of rotatable bonds is 6. The van der Waals surface area contributed by atoms with E-state index in [2.05, 4.69) is 11.9 Å². The lowest BCUT2D eigenvalue weighted by atomic mass is 10.2. The van der Waals surface area contributed by atoms with Crippen LogP contribution in [0.1, 0.15) is 12.6 Å². The highest BCUT2D eigenvalue weighted by Crippen LogP contribution is 2.20. The fraction of sp³-hybridized carbons (Fsp3) is 0.583. The maximum Gasteiger partial charge on any atom is 0.290 e. The van der Waals surface area contributed by atoms with E-state index >= 15 is 0 Å². The minimum Gasteiger partial charge on any atom is -0.384 e. The first kappa shape index (κ1) is 14.4. The Morgan fingerprint density at radius 1 is 1.56 bits per heavy atom. The van der Waals surface area contributed by atoms with Crippen LogP contribution in [-0.2, 0) is 4.74 Å². The van der Waals surface area contributed by atoms with Gasteiger partial charge in [0.05, 0.1) is 11.5 Å². The van der Waals surface area contributed by atoms with Crippen molar-refractivity contribution in [3.05, 3.63) is 27.9 Å². The molecule has 0 saturated carbocycles. The number of anilines is 1. The number of hydrogen-bond donors (Lipinski definition) is 0. The third kappa shape index (κ3) is 3.66. The lowest BCUT2D eigenvalue weighted by molar-refractivity contribution is -0.385. The Morgan fingerprint density at radius 3 is 2.72 bits per heavy atom. The molecule has 0 aliphatic carbocycles. The van der Waals surface area contributed by atoms with Crippen LogP contribution in [0.25, 0.3) is 0 Å². The number of hydrogen-bond acceptors (Lipinski definition) is 5. The van der Waals surface area contributed by atoms with Crippen LogP contribution in [0.5, 0.6) is 0 Å². The third-order valence-electron chi connectivity index (χ3n) is 2.67. The maximum absolute atomic E-state index is 10.7. The Kier molecular flexibility index (Phi) is 5.03. The summed E-state index contributed by atoms with van der Waals surface area (Å²) in [5.41, 5.74) is 0.487. The minimum absolute atomic E-state index is 0.0529. The first-order chi connectivity index (χ1) is 8.45. The van der Waals surface area contributed by atoms with E-state index in [1.165, 1.54) is 6.07 Å². The second-order valence-electron chi connectivity index (χ2n) is 4.47. The fourth-order valence-electron chi connectivity index (χ4n) is 1.84. The number of methoxy groups -OCH3 is 1. The minimum atomic E-state index is -0.417. The van der Waals surface area contributed by atoms with Crippen LogP contribution in [0, 0.1) is 23.0 Å². The summed E-state index contributed by atoms with van der Waals surface area (Å²) in [6.45, 7) is 5.20. The van der Waals surface area contributed by atoms with Crippen molar-refractivity contribution in [2.75, 3.05) is 32.2 Å². The molecule has 6 heteroatoms. The summed E-state index contributed by atoms with van der Waals surface area (Å²) in [6, 6.07) is 3.17. The monoisotopic (exact) mass is 253 g/mol. The maximum atomic E-state index is 10.7. The topological polar surface area (TPSA) is 68.5 Å². The summed E-state index contributed by atoms with van der Waals surface area (Å²) < 4.78 is 5.08. The molecule has 0 spiro atoms. The molecule has 0 unspecified atom stereocenters. The molecule has 100 valence electrons. The van der Waals surface area contributed by atoms with Gasteiger partial charge in [-0.2, -0.15) is 0 Å². The van der Waals surface area contributed by atoms with Gasteiger partial charge in [0, 0.05) is 26.8 Å². The van der Waals surface area contributed by atoms with Crippen molar-refractivity contribution in [1.29, 1.82) is 0 Å². The molecule has 0 saturated heterocycles. The molecule has 0 aliphatic heterocycles. The number of pyridine rings is 1. The normalized spacial score (nSPS) is 12.2. The predicted molar refractivity (Wildman–Crippen MR) is 69.9 cm³/mol. The van der Waals surface area contributed by atoms with Crippen LogP contribution in [0.2, 0.25) is 0 Å². The van der Waals surface area contributed by atoms with Crippen molar-refractivity contribution in [2.24, 2.45) is 5.92 Å². The number of nitrogens with zero attached hydrogens (tertiary/aromatic N) is 3. The van der Waals surface area contributed by atoms with Gasteiger partial charge < -0.3 is 9.64 Å². The van der Waals surface area contributed by atoms with E-state index in [9.17, 15) is 10.1 Å². The lowest BCUT2D eigenvalue weighted by Gasteiger charge is -2.22. The molecular formula is C12H19N3O3. The average Bonchev–Trinajstić information content (AvgIpc) is 2.28. The highest BCUT2D eigenvalue weighted by molar-refractivity contribution is 5.46. The molecule has 18 heavy (non-hydrogen) atoms. The van der Waals surface area contributed by atoms with Gasteiger partial charge in [0.1, 0.15) is 11.5 Å².